The van der Waals surface area contributed by atoms with Crippen LogP contribution in [0.25, 0.3) is 0 Å². The van der Waals surface area contributed by atoms with Gasteiger partial charge in [-0.25, -0.2) is 4.98 Å². The number of ether oxygens (including phenoxy) is 1. The largest absolute Gasteiger partial charge is 0.480 e. The first kappa shape index (κ1) is 16.2. The average molecular weight is 283 g/mol. The molecule has 0 aliphatic carbocycles. The number of nitrogens with one attached hydrogen (secondary N) is 2. The maximum Gasteiger partial charge on any atom is 0.323 e. The van der Waals surface area contributed by atoms with Gasteiger partial charge in [-0.2, -0.15) is 0 Å². The van der Waals surface area contributed by atoms with Crippen LogP contribution >= 0.6 is 0 Å². The summed E-state index contributed by atoms with van der Waals surface area (Å²) >= 11 is 0. The van der Waals surface area contributed by atoms with Gasteiger partial charge in [0.2, 0.25) is 0 Å². The lowest BCUT2D eigenvalue weighted by Gasteiger charge is -2.22. The van der Waals surface area contributed by atoms with Gasteiger partial charge in [0.1, 0.15) is 12.1 Å². The zero-order valence-corrected chi connectivity index (χ0v) is 11.9. The summed E-state index contributed by atoms with van der Waals surface area (Å²) < 4.78 is 4.72. The van der Waals surface area contributed by atoms with Crippen LogP contribution in [0.15, 0.2) is 12.5 Å². The van der Waals surface area contributed by atoms with Crippen LogP contribution in [0.4, 0.5) is 0 Å². The van der Waals surface area contributed by atoms with Gasteiger partial charge in [0, 0.05) is 18.3 Å². The first-order valence-corrected chi connectivity index (χ1v) is 6.48. The average Bonchev–Trinajstić information content (AvgIpc) is 2.88. The molecule has 0 saturated heterocycles. The molecule has 0 amide bonds. The number of aliphatic carboxylic acids is 1. The summed E-state index contributed by atoms with van der Waals surface area (Å²) in [5.74, 6) is -1.26. The van der Waals surface area contributed by atoms with E-state index in [-0.39, 0.29) is 5.92 Å². The van der Waals surface area contributed by atoms with Crippen LogP contribution in [0.5, 0.6) is 0 Å². The van der Waals surface area contributed by atoms with Crippen molar-refractivity contribution in [1.29, 1.82) is 0 Å². The van der Waals surface area contributed by atoms with E-state index in [9.17, 15) is 14.7 Å². The Labute approximate surface area is 117 Å². The number of carboxylic acids is 1. The third kappa shape index (κ3) is 5.00. The van der Waals surface area contributed by atoms with Gasteiger partial charge in [0.15, 0.2) is 0 Å². The van der Waals surface area contributed by atoms with Gasteiger partial charge in [-0.15, -0.1) is 0 Å². The van der Waals surface area contributed by atoms with E-state index in [4.69, 9.17) is 4.74 Å². The number of methoxy groups -OCH3 is 1. The van der Waals surface area contributed by atoms with Gasteiger partial charge >= 0.3 is 11.9 Å². The van der Waals surface area contributed by atoms with Gasteiger partial charge in [0.05, 0.1) is 13.4 Å². The molecule has 20 heavy (non-hydrogen) atoms. The number of hydrogen-bond donors (Lipinski definition) is 3. The Balaban J connectivity index is 2.76. The predicted octanol–water partition coefficient (Wildman–Crippen LogP) is 0.583. The molecule has 1 rings (SSSR count). The molecule has 7 nitrogen and oxygen atoms in total. The Morgan fingerprint density at radius 3 is 2.60 bits per heavy atom. The number of aromatic nitrogens is 2. The molecule has 0 saturated carbocycles. The van der Waals surface area contributed by atoms with E-state index in [1.807, 2.05) is 13.8 Å². The number of esters is 1. The van der Waals surface area contributed by atoms with Gasteiger partial charge < -0.3 is 14.8 Å². The first-order valence-electron chi connectivity index (χ1n) is 6.48. The standard InChI is InChI=1S/C13H21N3O4/c1-8(2)4-10(12(17)18)16-11(13(19)20-3)5-9-6-14-7-15-9/h6-8,10-11,16H,4-5H2,1-3H3,(H,14,15)(H,17,18)/t10?,11-/m0/s1. The highest BCUT2D eigenvalue weighted by Crippen LogP contribution is 2.08. The zero-order valence-electron chi connectivity index (χ0n) is 11.9. The highest BCUT2D eigenvalue weighted by molar-refractivity contribution is 5.78. The van der Waals surface area contributed by atoms with E-state index in [0.717, 1.165) is 5.69 Å². The molecule has 1 aromatic rings. The number of rotatable bonds is 8. The molecule has 0 fully saturated rings. The van der Waals surface area contributed by atoms with Crippen molar-refractivity contribution in [3.63, 3.8) is 0 Å². The quantitative estimate of drug-likeness (QED) is 0.603. The second-order valence-electron chi connectivity index (χ2n) is 5.04. The maximum absolute atomic E-state index is 11.8. The molecule has 0 radical (unpaired) electrons. The number of hydrogen-bond acceptors (Lipinski definition) is 5. The first-order chi connectivity index (χ1) is 9.43. The van der Waals surface area contributed by atoms with Crippen LogP contribution < -0.4 is 5.32 Å². The summed E-state index contributed by atoms with van der Waals surface area (Å²) in [6.07, 6.45) is 3.84. The number of carbonyl (C=O) groups is 2. The van der Waals surface area contributed by atoms with Crippen molar-refractivity contribution in [2.24, 2.45) is 5.92 Å². The lowest BCUT2D eigenvalue weighted by Crippen LogP contribution is -2.49. The molecule has 0 bridgehead atoms. The summed E-state index contributed by atoms with van der Waals surface area (Å²) in [5.41, 5.74) is 0.738. The number of aromatic amines is 1. The highest BCUT2D eigenvalue weighted by atomic mass is 16.5. The van der Waals surface area contributed by atoms with E-state index >= 15 is 0 Å². The monoisotopic (exact) mass is 283 g/mol. The number of carboxylic acid groups (broad SMARTS) is 1. The topological polar surface area (TPSA) is 104 Å². The van der Waals surface area contributed by atoms with Gasteiger partial charge in [-0.1, -0.05) is 13.8 Å². The number of carbonyl (C=O) groups excluding carboxylic acids is 1. The molecule has 0 aliphatic rings. The summed E-state index contributed by atoms with van der Waals surface area (Å²) in [7, 11) is 1.28. The van der Waals surface area contributed by atoms with Crippen molar-refractivity contribution in [3.8, 4) is 0 Å². The molecule has 0 spiro atoms. The minimum atomic E-state index is -0.975. The van der Waals surface area contributed by atoms with Crippen molar-refractivity contribution in [2.75, 3.05) is 7.11 Å². The van der Waals surface area contributed by atoms with E-state index < -0.39 is 24.0 Å². The Bertz CT molecular complexity index is 431. The molecular formula is C13H21N3O4. The molecule has 0 aromatic carbocycles. The molecule has 3 N–H and O–H groups in total. The molecule has 1 heterocycles. The van der Waals surface area contributed by atoms with Crippen LogP contribution in [-0.4, -0.2) is 46.2 Å². The van der Waals surface area contributed by atoms with Crippen LogP contribution in [0.2, 0.25) is 0 Å². The normalized spacial score (nSPS) is 14.0. The molecule has 112 valence electrons. The second kappa shape index (κ2) is 7.64. The molecule has 7 heteroatoms. The summed E-state index contributed by atoms with van der Waals surface area (Å²) in [5, 5.41) is 12.1. The molecule has 2 atom stereocenters. The van der Waals surface area contributed by atoms with E-state index in [1.165, 1.54) is 13.4 Å². The Morgan fingerprint density at radius 2 is 2.15 bits per heavy atom. The maximum atomic E-state index is 11.8. The van der Waals surface area contributed by atoms with Crippen LogP contribution in [0.3, 0.4) is 0 Å². The van der Waals surface area contributed by atoms with E-state index in [1.54, 1.807) is 6.20 Å². The Morgan fingerprint density at radius 1 is 1.45 bits per heavy atom. The summed E-state index contributed by atoms with van der Waals surface area (Å²) in [6, 6.07) is -1.51. The van der Waals surface area contributed by atoms with Crippen LogP contribution in [0.1, 0.15) is 26.0 Å². The van der Waals surface area contributed by atoms with Crippen LogP contribution in [-0.2, 0) is 20.7 Å². The van der Waals surface area contributed by atoms with Crippen molar-refractivity contribution >= 4 is 11.9 Å². The van der Waals surface area contributed by atoms with Gasteiger partial charge in [-0.3, -0.25) is 14.9 Å². The smallest absolute Gasteiger partial charge is 0.323 e. The molecule has 1 unspecified atom stereocenters. The fourth-order valence-corrected chi connectivity index (χ4v) is 1.92. The predicted molar refractivity (Wildman–Crippen MR) is 72.1 cm³/mol. The van der Waals surface area contributed by atoms with Gasteiger partial charge in [-0.05, 0) is 12.3 Å². The van der Waals surface area contributed by atoms with Crippen LogP contribution in [0, 0.1) is 5.92 Å². The minimum absolute atomic E-state index is 0.203. The zero-order chi connectivity index (χ0) is 15.1. The van der Waals surface area contributed by atoms with Crippen molar-refractivity contribution in [2.45, 2.75) is 38.8 Å². The lowest BCUT2D eigenvalue weighted by atomic mass is 10.0. The fraction of sp³-hybridized carbons (Fsp3) is 0.615. The van der Waals surface area contributed by atoms with Crippen molar-refractivity contribution in [3.05, 3.63) is 18.2 Å². The van der Waals surface area contributed by atoms with Crippen molar-refractivity contribution in [1.82, 2.24) is 15.3 Å². The third-order valence-corrected chi connectivity index (χ3v) is 2.87. The number of H-pyrrole nitrogens is 1. The van der Waals surface area contributed by atoms with E-state index in [0.29, 0.717) is 12.8 Å². The SMILES string of the molecule is COC(=O)[C@H](Cc1cnc[nH]1)NC(CC(C)C)C(=O)O. The molecule has 0 aliphatic heterocycles. The number of nitrogens with zero attached hydrogens (tertiary/aromatic N) is 1. The second-order valence-corrected chi connectivity index (χ2v) is 5.04. The molecular weight excluding hydrogens is 262 g/mol. The summed E-state index contributed by atoms with van der Waals surface area (Å²) in [4.78, 5) is 29.8. The van der Waals surface area contributed by atoms with Crippen molar-refractivity contribution < 1.29 is 19.4 Å². The molecule has 1 aromatic heterocycles. The Hall–Kier alpha value is -1.89. The minimum Gasteiger partial charge on any atom is -0.480 e. The third-order valence-electron chi connectivity index (χ3n) is 2.87. The summed E-state index contributed by atoms with van der Waals surface area (Å²) in [6.45, 7) is 3.86. The fourth-order valence-electron chi connectivity index (χ4n) is 1.92. The van der Waals surface area contributed by atoms with Gasteiger partial charge in [0.25, 0.3) is 0 Å². The lowest BCUT2D eigenvalue weighted by molar-refractivity contribution is -0.145. The highest BCUT2D eigenvalue weighted by Gasteiger charge is 2.27. The van der Waals surface area contributed by atoms with E-state index in [2.05, 4.69) is 15.3 Å². The Kier molecular flexibility index (Phi) is 6.17. The number of imidazole rings is 1.